The molecule has 2 aromatic carbocycles. The molecule has 0 bridgehead atoms. The van der Waals surface area contributed by atoms with E-state index >= 15 is 0 Å². The van der Waals surface area contributed by atoms with Gasteiger partial charge in [0, 0.05) is 11.9 Å². The predicted molar refractivity (Wildman–Crippen MR) is 103 cm³/mol. The third kappa shape index (κ3) is 4.09. The van der Waals surface area contributed by atoms with Crippen molar-refractivity contribution in [3.8, 4) is 11.8 Å². The van der Waals surface area contributed by atoms with E-state index in [1.165, 1.54) is 0 Å². The zero-order valence-electron chi connectivity index (χ0n) is 15.3. The standard InChI is InChI=1S/C20H24N4O2/c1-24(2)12-13-26-20-22-17-7-5-4-6-16(17)19(23-20)18(21)14-8-10-15(25-3)11-9-14/h4-11,18H,12-13,21H2,1-3H3. The zero-order chi connectivity index (χ0) is 18.5. The second kappa shape index (κ2) is 8.12. The molecule has 0 spiro atoms. The van der Waals surface area contributed by atoms with Gasteiger partial charge in [0.15, 0.2) is 0 Å². The highest BCUT2D eigenvalue weighted by molar-refractivity contribution is 5.82. The van der Waals surface area contributed by atoms with Crippen molar-refractivity contribution in [2.24, 2.45) is 5.73 Å². The number of aromatic nitrogens is 2. The minimum atomic E-state index is -0.384. The highest BCUT2D eigenvalue weighted by Crippen LogP contribution is 2.27. The van der Waals surface area contributed by atoms with Gasteiger partial charge in [0.25, 0.3) is 0 Å². The molecule has 1 unspecified atom stereocenters. The minimum Gasteiger partial charge on any atom is -0.497 e. The van der Waals surface area contributed by atoms with Crippen LogP contribution in [-0.2, 0) is 0 Å². The number of likely N-dealkylation sites (N-methyl/N-ethyl adjacent to an activating group) is 1. The van der Waals surface area contributed by atoms with Crippen LogP contribution in [0.1, 0.15) is 17.3 Å². The van der Waals surface area contributed by atoms with Crippen molar-refractivity contribution in [1.29, 1.82) is 0 Å². The number of para-hydroxylation sites is 1. The van der Waals surface area contributed by atoms with Gasteiger partial charge in [0.05, 0.1) is 24.4 Å². The fourth-order valence-electron chi connectivity index (χ4n) is 2.67. The Morgan fingerprint density at radius 3 is 2.46 bits per heavy atom. The van der Waals surface area contributed by atoms with Gasteiger partial charge in [-0.25, -0.2) is 0 Å². The van der Waals surface area contributed by atoms with Crippen molar-refractivity contribution in [1.82, 2.24) is 14.9 Å². The number of methoxy groups -OCH3 is 1. The van der Waals surface area contributed by atoms with Crippen LogP contribution < -0.4 is 15.2 Å². The number of nitrogens with two attached hydrogens (primary N) is 1. The lowest BCUT2D eigenvalue weighted by Gasteiger charge is -2.16. The first-order chi connectivity index (χ1) is 12.6. The number of ether oxygens (including phenoxy) is 2. The Bertz CT molecular complexity index is 865. The van der Waals surface area contributed by atoms with Crippen LogP contribution >= 0.6 is 0 Å². The van der Waals surface area contributed by atoms with Gasteiger partial charge in [-0.3, -0.25) is 0 Å². The molecular formula is C20H24N4O2. The number of benzene rings is 2. The van der Waals surface area contributed by atoms with E-state index in [1.54, 1.807) is 7.11 Å². The largest absolute Gasteiger partial charge is 0.497 e. The summed E-state index contributed by atoms with van der Waals surface area (Å²) < 4.78 is 11.0. The van der Waals surface area contributed by atoms with Crippen LogP contribution in [0.4, 0.5) is 0 Å². The summed E-state index contributed by atoms with van der Waals surface area (Å²) in [5.74, 6) is 0.793. The third-order valence-corrected chi connectivity index (χ3v) is 4.15. The second-order valence-corrected chi connectivity index (χ2v) is 6.31. The fourth-order valence-corrected chi connectivity index (χ4v) is 2.67. The Hall–Kier alpha value is -2.70. The van der Waals surface area contributed by atoms with Gasteiger partial charge in [-0.1, -0.05) is 30.3 Å². The van der Waals surface area contributed by atoms with E-state index in [0.717, 1.165) is 34.5 Å². The fraction of sp³-hybridized carbons (Fsp3) is 0.300. The van der Waals surface area contributed by atoms with Crippen LogP contribution in [0.3, 0.4) is 0 Å². The molecule has 0 aliphatic carbocycles. The minimum absolute atomic E-state index is 0.351. The van der Waals surface area contributed by atoms with Gasteiger partial charge in [0.1, 0.15) is 12.4 Å². The van der Waals surface area contributed by atoms with Crippen LogP contribution in [0.25, 0.3) is 10.9 Å². The maximum absolute atomic E-state index is 6.52. The normalized spacial score (nSPS) is 12.3. The monoisotopic (exact) mass is 352 g/mol. The van der Waals surface area contributed by atoms with Crippen LogP contribution in [0, 0.1) is 0 Å². The third-order valence-electron chi connectivity index (χ3n) is 4.15. The first-order valence-corrected chi connectivity index (χ1v) is 8.52. The average Bonchev–Trinajstić information content (AvgIpc) is 2.66. The molecule has 0 saturated heterocycles. The molecule has 0 aliphatic rings. The molecule has 1 atom stereocenters. The molecule has 0 saturated carbocycles. The number of hydrogen-bond donors (Lipinski definition) is 1. The molecule has 3 aromatic rings. The van der Waals surface area contributed by atoms with E-state index in [9.17, 15) is 0 Å². The molecule has 1 aromatic heterocycles. The van der Waals surface area contributed by atoms with Crippen LogP contribution in [0.5, 0.6) is 11.8 Å². The van der Waals surface area contributed by atoms with Crippen molar-refractivity contribution in [3.05, 3.63) is 59.8 Å². The summed E-state index contributed by atoms with van der Waals surface area (Å²) in [6, 6.07) is 15.5. The molecule has 6 nitrogen and oxygen atoms in total. The van der Waals surface area contributed by atoms with Crippen molar-refractivity contribution in [2.45, 2.75) is 6.04 Å². The predicted octanol–water partition coefficient (Wildman–Crippen LogP) is 2.63. The molecule has 0 radical (unpaired) electrons. The van der Waals surface area contributed by atoms with Gasteiger partial charge < -0.3 is 20.1 Å². The van der Waals surface area contributed by atoms with Crippen LogP contribution in [0.15, 0.2) is 48.5 Å². The number of nitrogens with zero attached hydrogens (tertiary/aromatic N) is 3. The Morgan fingerprint density at radius 2 is 1.77 bits per heavy atom. The summed E-state index contributed by atoms with van der Waals surface area (Å²) >= 11 is 0. The summed E-state index contributed by atoms with van der Waals surface area (Å²) in [4.78, 5) is 11.2. The summed E-state index contributed by atoms with van der Waals surface area (Å²) in [5, 5.41) is 0.927. The van der Waals surface area contributed by atoms with Crippen molar-refractivity contribution >= 4 is 10.9 Å². The van der Waals surface area contributed by atoms with Gasteiger partial charge in [-0.05, 0) is 37.9 Å². The summed E-state index contributed by atoms with van der Waals surface area (Å²) in [5.41, 5.74) is 9.05. The number of hydrogen-bond acceptors (Lipinski definition) is 6. The molecule has 6 heteroatoms. The highest BCUT2D eigenvalue weighted by atomic mass is 16.5. The van der Waals surface area contributed by atoms with E-state index in [-0.39, 0.29) is 6.04 Å². The van der Waals surface area contributed by atoms with Gasteiger partial charge in [-0.15, -0.1) is 0 Å². The Labute approximate surface area is 153 Å². The van der Waals surface area contributed by atoms with E-state index in [0.29, 0.717) is 12.6 Å². The maximum Gasteiger partial charge on any atom is 0.317 e. The van der Waals surface area contributed by atoms with Crippen LogP contribution in [0.2, 0.25) is 0 Å². The SMILES string of the molecule is COc1ccc(C(N)c2nc(OCCN(C)C)nc3ccccc23)cc1. The average molecular weight is 352 g/mol. The van der Waals surface area contributed by atoms with E-state index < -0.39 is 0 Å². The first kappa shape index (κ1) is 18.1. The number of rotatable bonds is 7. The molecule has 0 amide bonds. The maximum atomic E-state index is 6.52. The smallest absolute Gasteiger partial charge is 0.317 e. The Balaban J connectivity index is 1.96. The Morgan fingerprint density at radius 1 is 1.04 bits per heavy atom. The summed E-state index contributed by atoms with van der Waals surface area (Å²) in [6.07, 6.45) is 0. The zero-order valence-corrected chi connectivity index (χ0v) is 15.3. The van der Waals surface area contributed by atoms with Crippen molar-refractivity contribution in [3.63, 3.8) is 0 Å². The molecular weight excluding hydrogens is 328 g/mol. The molecule has 0 fully saturated rings. The van der Waals surface area contributed by atoms with E-state index in [2.05, 4.69) is 9.97 Å². The molecule has 26 heavy (non-hydrogen) atoms. The Kier molecular flexibility index (Phi) is 5.65. The lowest BCUT2D eigenvalue weighted by atomic mass is 10.0. The van der Waals surface area contributed by atoms with Crippen molar-refractivity contribution < 1.29 is 9.47 Å². The van der Waals surface area contributed by atoms with Gasteiger partial charge in [0.2, 0.25) is 0 Å². The number of fused-ring (bicyclic) bond motifs is 1. The summed E-state index contributed by atoms with van der Waals surface area (Å²) in [6.45, 7) is 1.30. The molecule has 3 rings (SSSR count). The lowest BCUT2D eigenvalue weighted by Crippen LogP contribution is -2.21. The molecule has 136 valence electrons. The lowest BCUT2D eigenvalue weighted by molar-refractivity contribution is 0.245. The molecule has 0 aliphatic heterocycles. The molecule has 2 N–H and O–H groups in total. The van der Waals surface area contributed by atoms with Crippen LogP contribution in [-0.4, -0.2) is 49.2 Å². The summed E-state index contributed by atoms with van der Waals surface area (Å²) in [7, 11) is 5.63. The van der Waals surface area contributed by atoms with Gasteiger partial charge in [-0.2, -0.15) is 9.97 Å². The van der Waals surface area contributed by atoms with Crippen molar-refractivity contribution in [2.75, 3.05) is 34.4 Å². The van der Waals surface area contributed by atoms with E-state index in [4.69, 9.17) is 15.2 Å². The van der Waals surface area contributed by atoms with E-state index in [1.807, 2.05) is 67.5 Å². The topological polar surface area (TPSA) is 73.5 Å². The first-order valence-electron chi connectivity index (χ1n) is 8.52. The second-order valence-electron chi connectivity index (χ2n) is 6.31. The molecule has 1 heterocycles. The van der Waals surface area contributed by atoms with Gasteiger partial charge >= 0.3 is 6.01 Å². The highest BCUT2D eigenvalue weighted by Gasteiger charge is 2.17. The quantitative estimate of drug-likeness (QED) is 0.705.